The largest absolute Gasteiger partial charge is 0.508 e. The highest BCUT2D eigenvalue weighted by Gasteiger charge is 2.32. The van der Waals surface area contributed by atoms with Crippen molar-refractivity contribution in [1.29, 1.82) is 0 Å². The van der Waals surface area contributed by atoms with E-state index in [9.17, 15) is 5.11 Å². The van der Waals surface area contributed by atoms with Crippen LogP contribution in [0.5, 0.6) is 17.2 Å². The van der Waals surface area contributed by atoms with Crippen LogP contribution in [0, 0.1) is 6.92 Å². The number of methoxy groups -OCH3 is 2. The summed E-state index contributed by atoms with van der Waals surface area (Å²) in [7, 11) is 3.28. The van der Waals surface area contributed by atoms with Crippen LogP contribution in [0.3, 0.4) is 0 Å². The molecule has 7 heteroatoms. The summed E-state index contributed by atoms with van der Waals surface area (Å²) in [5.74, 6) is 1.76. The molecule has 32 heavy (non-hydrogen) atoms. The van der Waals surface area contributed by atoms with Crippen LogP contribution in [-0.4, -0.2) is 35.2 Å². The van der Waals surface area contributed by atoms with Gasteiger partial charge in [-0.3, -0.25) is 0 Å². The van der Waals surface area contributed by atoms with Crippen LogP contribution in [-0.2, 0) is 0 Å². The van der Waals surface area contributed by atoms with Crippen molar-refractivity contribution in [1.82, 2.24) is 5.01 Å². The molecule has 0 saturated carbocycles. The van der Waals surface area contributed by atoms with Gasteiger partial charge < -0.3 is 19.9 Å². The van der Waals surface area contributed by atoms with Gasteiger partial charge in [0.1, 0.15) is 17.2 Å². The van der Waals surface area contributed by atoms with Gasteiger partial charge in [-0.1, -0.05) is 24.3 Å². The highest BCUT2D eigenvalue weighted by atomic mass is 32.1. The van der Waals surface area contributed by atoms with Gasteiger partial charge in [0.15, 0.2) is 5.11 Å². The molecule has 0 radical (unpaired) electrons. The van der Waals surface area contributed by atoms with Crippen LogP contribution in [0.2, 0.25) is 0 Å². The molecule has 3 aromatic rings. The molecule has 0 amide bonds. The average Bonchev–Trinajstić information content (AvgIpc) is 3.27. The Morgan fingerprint density at radius 2 is 1.81 bits per heavy atom. The number of phenols is 1. The average molecular weight is 448 g/mol. The summed E-state index contributed by atoms with van der Waals surface area (Å²) in [6.07, 6.45) is 0.671. The highest BCUT2D eigenvalue weighted by Crippen LogP contribution is 2.35. The van der Waals surface area contributed by atoms with Crippen LogP contribution in [0.1, 0.15) is 29.2 Å². The first-order chi connectivity index (χ1) is 15.5. The minimum atomic E-state index is -0.0836. The van der Waals surface area contributed by atoms with Crippen LogP contribution in [0.25, 0.3) is 0 Å². The Morgan fingerprint density at radius 3 is 2.50 bits per heavy atom. The van der Waals surface area contributed by atoms with Gasteiger partial charge in [-0.15, -0.1) is 0 Å². The molecule has 2 N–H and O–H groups in total. The fourth-order valence-corrected chi connectivity index (χ4v) is 3.99. The predicted octanol–water partition coefficient (Wildman–Crippen LogP) is 5.27. The van der Waals surface area contributed by atoms with E-state index < -0.39 is 0 Å². The van der Waals surface area contributed by atoms with Crippen molar-refractivity contribution in [3.8, 4) is 17.2 Å². The molecule has 3 aromatic carbocycles. The molecule has 1 aliphatic rings. The van der Waals surface area contributed by atoms with Crippen molar-refractivity contribution >= 4 is 28.7 Å². The number of phenolic OH excluding ortho intramolecular Hbond substituents is 1. The minimum Gasteiger partial charge on any atom is -0.508 e. The van der Waals surface area contributed by atoms with Gasteiger partial charge in [-0.25, -0.2) is 5.01 Å². The summed E-state index contributed by atoms with van der Waals surface area (Å²) in [6, 6.07) is 21.0. The molecule has 1 aliphatic heterocycles. The molecule has 4 rings (SSSR count). The van der Waals surface area contributed by atoms with Crippen LogP contribution in [0.4, 0.5) is 5.69 Å². The summed E-state index contributed by atoms with van der Waals surface area (Å²) in [6.45, 7) is 1.88. The molecule has 0 saturated heterocycles. The number of thiocarbonyl (C=S) groups is 1. The Bertz CT molecular complexity index is 1160. The number of nitrogens with one attached hydrogen (secondary N) is 1. The van der Waals surface area contributed by atoms with E-state index in [0.29, 0.717) is 17.3 Å². The quantitative estimate of drug-likeness (QED) is 0.520. The number of nitrogens with zero attached hydrogens (tertiary/aromatic N) is 2. The smallest absolute Gasteiger partial charge is 0.194 e. The second-order valence-corrected chi connectivity index (χ2v) is 7.90. The number of anilines is 1. The zero-order chi connectivity index (χ0) is 22.7. The SMILES string of the molecule is COc1ccc(C2CC(c3ccc(O)c(C)c3)=NN2C(=S)Nc2ccccc2OC)cc1. The van der Waals surface area contributed by atoms with Crippen molar-refractivity contribution in [2.24, 2.45) is 5.10 Å². The highest BCUT2D eigenvalue weighted by molar-refractivity contribution is 7.80. The van der Waals surface area contributed by atoms with E-state index in [1.807, 2.05) is 72.6 Å². The fourth-order valence-electron chi connectivity index (χ4n) is 3.71. The van der Waals surface area contributed by atoms with Gasteiger partial charge in [-0.2, -0.15) is 5.10 Å². The van der Waals surface area contributed by atoms with E-state index >= 15 is 0 Å². The molecule has 6 nitrogen and oxygen atoms in total. The lowest BCUT2D eigenvalue weighted by atomic mass is 9.97. The molecule has 0 bridgehead atoms. The molecule has 0 aromatic heterocycles. The summed E-state index contributed by atoms with van der Waals surface area (Å²) in [5, 5.41) is 20.4. The van der Waals surface area contributed by atoms with Gasteiger partial charge in [-0.05, 0) is 78.3 Å². The summed E-state index contributed by atoms with van der Waals surface area (Å²) in [4.78, 5) is 0. The molecule has 164 valence electrons. The molecule has 1 unspecified atom stereocenters. The third-order valence-corrected chi connectivity index (χ3v) is 5.79. The molecule has 1 heterocycles. The molecule has 0 aliphatic carbocycles. The van der Waals surface area contributed by atoms with Crippen LogP contribution >= 0.6 is 12.2 Å². The number of ether oxygens (including phenoxy) is 2. The van der Waals surface area contributed by atoms with Crippen molar-refractivity contribution in [3.05, 3.63) is 83.4 Å². The van der Waals surface area contributed by atoms with Crippen molar-refractivity contribution in [3.63, 3.8) is 0 Å². The Labute approximate surface area is 193 Å². The van der Waals surface area contributed by atoms with Gasteiger partial charge in [0.2, 0.25) is 0 Å². The van der Waals surface area contributed by atoms with Crippen LogP contribution < -0.4 is 14.8 Å². The second kappa shape index (κ2) is 9.28. The van der Waals surface area contributed by atoms with Crippen molar-refractivity contribution in [2.45, 2.75) is 19.4 Å². The lowest BCUT2D eigenvalue weighted by Gasteiger charge is -2.25. The van der Waals surface area contributed by atoms with E-state index in [2.05, 4.69) is 5.32 Å². The fraction of sp³-hybridized carbons (Fsp3) is 0.200. The maximum absolute atomic E-state index is 9.91. The van der Waals surface area contributed by atoms with E-state index in [-0.39, 0.29) is 11.8 Å². The monoisotopic (exact) mass is 447 g/mol. The molecule has 0 spiro atoms. The Balaban J connectivity index is 1.68. The number of benzene rings is 3. The maximum Gasteiger partial charge on any atom is 0.194 e. The third-order valence-electron chi connectivity index (χ3n) is 5.50. The molecule has 1 atom stereocenters. The van der Waals surface area contributed by atoms with E-state index in [4.69, 9.17) is 26.8 Å². The van der Waals surface area contributed by atoms with Gasteiger partial charge in [0, 0.05) is 6.42 Å². The molecule has 0 fully saturated rings. The van der Waals surface area contributed by atoms with Crippen molar-refractivity contribution in [2.75, 3.05) is 19.5 Å². The zero-order valence-corrected chi connectivity index (χ0v) is 19.0. The van der Waals surface area contributed by atoms with Gasteiger partial charge in [0.25, 0.3) is 0 Å². The summed E-state index contributed by atoms with van der Waals surface area (Å²) in [5.41, 5.74) is 4.51. The first kappa shape index (κ1) is 21.6. The van der Waals surface area contributed by atoms with Crippen molar-refractivity contribution < 1.29 is 14.6 Å². The Morgan fingerprint density at radius 1 is 1.06 bits per heavy atom. The van der Waals surface area contributed by atoms with Gasteiger partial charge in [0.05, 0.1) is 31.7 Å². The maximum atomic E-state index is 9.91. The molecular formula is C25H25N3O3S. The number of hydrogen-bond acceptors (Lipinski definition) is 5. The lowest BCUT2D eigenvalue weighted by molar-refractivity contribution is 0.373. The second-order valence-electron chi connectivity index (χ2n) is 7.52. The van der Waals surface area contributed by atoms with E-state index in [1.54, 1.807) is 20.3 Å². The first-order valence-corrected chi connectivity index (χ1v) is 10.7. The lowest BCUT2D eigenvalue weighted by Crippen LogP contribution is -2.31. The zero-order valence-electron chi connectivity index (χ0n) is 18.2. The number of hydrazone groups is 1. The Hall–Kier alpha value is -3.58. The Kier molecular flexibility index (Phi) is 6.28. The van der Waals surface area contributed by atoms with Gasteiger partial charge >= 0.3 is 0 Å². The van der Waals surface area contributed by atoms with E-state index in [0.717, 1.165) is 33.8 Å². The van der Waals surface area contributed by atoms with Crippen LogP contribution in [0.15, 0.2) is 71.8 Å². The number of hydrogen-bond donors (Lipinski definition) is 2. The summed E-state index contributed by atoms with van der Waals surface area (Å²) >= 11 is 5.77. The van der Waals surface area contributed by atoms with E-state index in [1.165, 1.54) is 0 Å². The predicted molar refractivity (Wildman–Crippen MR) is 131 cm³/mol. The number of aryl methyl sites for hydroxylation is 1. The molecular weight excluding hydrogens is 422 g/mol. The first-order valence-electron chi connectivity index (χ1n) is 10.2. The topological polar surface area (TPSA) is 66.3 Å². The third kappa shape index (κ3) is 4.38. The number of aromatic hydroxyl groups is 1. The number of rotatable bonds is 5. The number of para-hydroxylation sites is 2. The minimum absolute atomic E-state index is 0.0836. The normalized spacial score (nSPS) is 15.3. The summed E-state index contributed by atoms with van der Waals surface area (Å²) < 4.78 is 10.8. The standard InChI is InChI=1S/C25H25N3O3S/c1-16-14-18(10-13-23(16)29)21-15-22(17-8-11-19(30-2)12-9-17)28(27-21)25(32)26-20-6-4-5-7-24(20)31-3/h4-14,22,29H,15H2,1-3H3,(H,26,32).